The molecule has 1 aliphatic rings. The van der Waals surface area contributed by atoms with Gasteiger partial charge < -0.3 is 4.74 Å². The van der Waals surface area contributed by atoms with Crippen molar-refractivity contribution in [2.75, 3.05) is 7.11 Å². The number of sulfone groups is 1. The van der Waals surface area contributed by atoms with Crippen LogP contribution in [0.3, 0.4) is 0 Å². The van der Waals surface area contributed by atoms with Crippen LogP contribution in [-0.2, 0) is 27.8 Å². The lowest BCUT2D eigenvalue weighted by molar-refractivity contribution is -0.139. The molecule has 0 amide bonds. The van der Waals surface area contributed by atoms with E-state index < -0.39 is 31.7 Å². The number of alkyl halides is 3. The van der Waals surface area contributed by atoms with Crippen molar-refractivity contribution in [1.82, 2.24) is 9.78 Å². The van der Waals surface area contributed by atoms with E-state index in [4.69, 9.17) is 4.74 Å². The van der Waals surface area contributed by atoms with Gasteiger partial charge in [0.15, 0.2) is 9.84 Å². The van der Waals surface area contributed by atoms with E-state index in [1.807, 2.05) is 0 Å². The van der Waals surface area contributed by atoms with Gasteiger partial charge >= 0.3 is 6.18 Å². The Labute approximate surface area is 149 Å². The molecule has 0 aliphatic heterocycles. The molecule has 0 radical (unpaired) electrons. The molecule has 1 heterocycles. The molecule has 1 aromatic heterocycles. The fourth-order valence-electron chi connectivity index (χ4n) is 3.33. The number of hydrogen-bond acceptors (Lipinski definition) is 4. The van der Waals surface area contributed by atoms with Crippen LogP contribution in [0.25, 0.3) is 11.1 Å². The van der Waals surface area contributed by atoms with E-state index in [2.05, 4.69) is 5.10 Å². The average Bonchev–Trinajstić information content (AvgIpc) is 3.22. The van der Waals surface area contributed by atoms with Gasteiger partial charge in [-0.1, -0.05) is 6.07 Å². The minimum atomic E-state index is -4.78. The van der Waals surface area contributed by atoms with Gasteiger partial charge in [0.25, 0.3) is 0 Å². The Hall–Kier alpha value is -1.87. The Kier molecular flexibility index (Phi) is 4.87. The summed E-state index contributed by atoms with van der Waals surface area (Å²) in [6.45, 7) is 0. The molecule has 0 unspecified atom stereocenters. The second-order valence-electron chi connectivity index (χ2n) is 6.45. The summed E-state index contributed by atoms with van der Waals surface area (Å²) < 4.78 is 73.1. The van der Waals surface area contributed by atoms with E-state index in [-0.39, 0.29) is 18.1 Å². The first-order valence-electron chi connectivity index (χ1n) is 8.10. The van der Waals surface area contributed by atoms with Gasteiger partial charge in [-0.15, -0.1) is 0 Å². The van der Waals surface area contributed by atoms with E-state index in [1.54, 1.807) is 13.2 Å². The largest absolute Gasteiger partial charge is 0.417 e. The number of methoxy groups -OCH3 is 1. The molecule has 0 saturated heterocycles. The molecule has 0 spiro atoms. The second-order valence-corrected chi connectivity index (χ2v) is 8.65. The summed E-state index contributed by atoms with van der Waals surface area (Å²) in [6.07, 6.45) is -0.981. The topological polar surface area (TPSA) is 61.2 Å². The number of aromatic nitrogens is 2. The number of benzene rings is 1. The third-order valence-electron chi connectivity index (χ3n) is 4.74. The van der Waals surface area contributed by atoms with Crippen molar-refractivity contribution < 1.29 is 26.3 Å². The van der Waals surface area contributed by atoms with Crippen LogP contribution < -0.4 is 0 Å². The van der Waals surface area contributed by atoms with Crippen LogP contribution in [-0.4, -0.2) is 36.7 Å². The maximum absolute atomic E-state index is 13.6. The summed E-state index contributed by atoms with van der Waals surface area (Å²) in [5.74, 6) is 0. The number of rotatable bonds is 4. The Morgan fingerprint density at radius 1 is 1.23 bits per heavy atom. The van der Waals surface area contributed by atoms with Gasteiger partial charge in [0, 0.05) is 25.9 Å². The third kappa shape index (κ3) is 3.50. The molecule has 1 aliphatic carbocycles. The summed E-state index contributed by atoms with van der Waals surface area (Å²) in [7, 11) is -0.982. The number of nitrogens with zero attached hydrogens (tertiary/aromatic N) is 2. The highest BCUT2D eigenvalue weighted by molar-refractivity contribution is 7.92. The van der Waals surface area contributed by atoms with Crippen LogP contribution in [0.15, 0.2) is 35.5 Å². The predicted molar refractivity (Wildman–Crippen MR) is 89.3 cm³/mol. The number of ether oxygens (including phenoxy) is 1. The minimum Gasteiger partial charge on any atom is -0.381 e. The summed E-state index contributed by atoms with van der Waals surface area (Å²) in [4.78, 5) is -0.667. The van der Waals surface area contributed by atoms with Crippen molar-refractivity contribution in [3.05, 3.63) is 36.2 Å². The predicted octanol–water partition coefficient (Wildman–Crippen LogP) is 3.45. The lowest BCUT2D eigenvalue weighted by atomic mass is 10.1. The fraction of sp³-hybridized carbons (Fsp3) is 0.471. The van der Waals surface area contributed by atoms with Crippen LogP contribution in [0.5, 0.6) is 0 Å². The van der Waals surface area contributed by atoms with Crippen molar-refractivity contribution in [1.29, 1.82) is 0 Å². The molecule has 1 aromatic carbocycles. The SMILES string of the molecule is CO[C@@H]1CC[C@@H](S(=O)(=O)c2ccc(-c3cnn(C)c3)cc2C(F)(F)F)C1. The molecule has 9 heteroatoms. The normalized spacial score (nSPS) is 21.3. The standard InChI is InChI=1S/C17H19F3N2O3S/c1-22-10-12(9-21-22)11-3-6-16(15(7-11)17(18,19)20)26(23,24)14-5-4-13(8-14)25-2/h3,6-7,9-10,13-14H,4-5,8H2,1-2H3/t13-,14-/m1/s1. The lowest BCUT2D eigenvalue weighted by Gasteiger charge is -2.18. The Morgan fingerprint density at radius 2 is 1.96 bits per heavy atom. The van der Waals surface area contributed by atoms with Gasteiger partial charge in [0.1, 0.15) is 0 Å². The molecular weight excluding hydrogens is 369 g/mol. The smallest absolute Gasteiger partial charge is 0.381 e. The first kappa shape index (κ1) is 18.9. The quantitative estimate of drug-likeness (QED) is 0.805. The Morgan fingerprint density at radius 3 is 2.50 bits per heavy atom. The van der Waals surface area contributed by atoms with Gasteiger partial charge in [-0.2, -0.15) is 18.3 Å². The maximum atomic E-state index is 13.6. The molecule has 2 aromatic rings. The molecule has 0 N–H and O–H groups in total. The van der Waals surface area contributed by atoms with Gasteiger partial charge in [-0.25, -0.2) is 8.42 Å². The first-order chi connectivity index (χ1) is 12.1. The van der Waals surface area contributed by atoms with Gasteiger partial charge in [-0.3, -0.25) is 4.68 Å². The van der Waals surface area contributed by atoms with Crippen LogP contribution >= 0.6 is 0 Å². The van der Waals surface area contributed by atoms with Gasteiger partial charge in [-0.05, 0) is 37.0 Å². The number of hydrogen-bond donors (Lipinski definition) is 0. The van der Waals surface area contributed by atoms with Gasteiger partial charge in [0.2, 0.25) is 0 Å². The summed E-state index contributed by atoms with van der Waals surface area (Å²) in [5.41, 5.74) is -0.382. The monoisotopic (exact) mass is 388 g/mol. The zero-order valence-electron chi connectivity index (χ0n) is 14.3. The van der Waals surface area contributed by atoms with Crippen molar-refractivity contribution in [3.63, 3.8) is 0 Å². The molecular formula is C17H19F3N2O3S. The molecule has 2 atom stereocenters. The lowest BCUT2D eigenvalue weighted by Crippen LogP contribution is -2.23. The first-order valence-corrected chi connectivity index (χ1v) is 9.64. The molecule has 3 rings (SSSR count). The maximum Gasteiger partial charge on any atom is 0.417 e. The van der Waals surface area contributed by atoms with Crippen molar-refractivity contribution >= 4 is 9.84 Å². The number of aryl methyl sites for hydroxylation is 1. The summed E-state index contributed by atoms with van der Waals surface area (Å²) in [6, 6.07) is 3.33. The van der Waals surface area contributed by atoms with E-state index in [0.717, 1.165) is 12.1 Å². The Balaban J connectivity index is 2.07. The van der Waals surface area contributed by atoms with Crippen molar-refractivity contribution in [2.45, 2.75) is 41.7 Å². The van der Waals surface area contributed by atoms with Crippen molar-refractivity contribution in [2.24, 2.45) is 7.05 Å². The molecule has 142 valence electrons. The average molecular weight is 388 g/mol. The van der Waals surface area contributed by atoms with Crippen LogP contribution in [0.1, 0.15) is 24.8 Å². The third-order valence-corrected chi connectivity index (χ3v) is 7.01. The van der Waals surface area contributed by atoms with E-state index in [1.165, 1.54) is 24.1 Å². The Bertz CT molecular complexity index is 906. The van der Waals surface area contributed by atoms with E-state index >= 15 is 0 Å². The highest BCUT2D eigenvalue weighted by atomic mass is 32.2. The highest BCUT2D eigenvalue weighted by Gasteiger charge is 2.42. The minimum absolute atomic E-state index is 0.209. The molecule has 0 bridgehead atoms. The molecule has 26 heavy (non-hydrogen) atoms. The van der Waals surface area contributed by atoms with E-state index in [9.17, 15) is 21.6 Å². The van der Waals surface area contributed by atoms with Crippen LogP contribution in [0, 0.1) is 0 Å². The molecule has 1 fully saturated rings. The molecule has 1 saturated carbocycles. The number of halogens is 3. The van der Waals surface area contributed by atoms with Gasteiger partial charge in [0.05, 0.1) is 28.0 Å². The zero-order valence-corrected chi connectivity index (χ0v) is 15.1. The van der Waals surface area contributed by atoms with E-state index in [0.29, 0.717) is 18.4 Å². The van der Waals surface area contributed by atoms with Crippen LogP contribution in [0.2, 0.25) is 0 Å². The van der Waals surface area contributed by atoms with Crippen molar-refractivity contribution in [3.8, 4) is 11.1 Å². The molecule has 5 nitrogen and oxygen atoms in total. The summed E-state index contributed by atoms with van der Waals surface area (Å²) in [5, 5.41) is 3.08. The summed E-state index contributed by atoms with van der Waals surface area (Å²) >= 11 is 0. The second kappa shape index (κ2) is 6.70. The highest BCUT2D eigenvalue weighted by Crippen LogP contribution is 2.40. The zero-order chi connectivity index (χ0) is 19.1. The fourth-order valence-corrected chi connectivity index (χ4v) is 5.34. The van der Waals surface area contributed by atoms with Crippen LogP contribution in [0.4, 0.5) is 13.2 Å².